The summed E-state index contributed by atoms with van der Waals surface area (Å²) in [7, 11) is 0. The Morgan fingerprint density at radius 2 is 2.00 bits per heavy atom. The van der Waals surface area contributed by atoms with E-state index >= 15 is 0 Å². The van der Waals surface area contributed by atoms with Crippen molar-refractivity contribution in [3.63, 3.8) is 0 Å². The summed E-state index contributed by atoms with van der Waals surface area (Å²) in [6.45, 7) is 0. The maximum atomic E-state index is 11.8. The Bertz CT molecular complexity index is 269. The van der Waals surface area contributed by atoms with E-state index in [2.05, 4.69) is 9.68 Å². The van der Waals surface area contributed by atoms with Crippen molar-refractivity contribution < 1.29 is 17.7 Å². The molecule has 0 saturated carbocycles. The molecular formula is C4H2ClF3N2O. The Kier molecular flexibility index (Phi) is 1.71. The second kappa shape index (κ2) is 2.30. The van der Waals surface area contributed by atoms with Gasteiger partial charge in [-0.05, 0) is 0 Å². The van der Waals surface area contributed by atoms with Crippen LogP contribution in [0, 0.1) is 0 Å². The number of hydrogen-bond donors (Lipinski definition) is 1. The third-order valence-corrected chi connectivity index (χ3v) is 1.21. The highest BCUT2D eigenvalue weighted by Crippen LogP contribution is 2.36. The average Bonchev–Trinajstić information content (AvgIpc) is 2.11. The number of halogens is 4. The third-order valence-electron chi connectivity index (χ3n) is 0.941. The molecule has 1 aromatic heterocycles. The van der Waals surface area contributed by atoms with Gasteiger partial charge < -0.3 is 10.3 Å². The van der Waals surface area contributed by atoms with Crippen LogP contribution >= 0.6 is 11.6 Å². The summed E-state index contributed by atoms with van der Waals surface area (Å²) in [5, 5.41) is 2.35. The minimum absolute atomic E-state index is 0.475. The lowest BCUT2D eigenvalue weighted by atomic mass is 10.4. The molecular weight excluding hydrogens is 185 g/mol. The quantitative estimate of drug-likeness (QED) is 0.674. The summed E-state index contributed by atoms with van der Waals surface area (Å²) in [6.07, 6.45) is -4.63. The van der Waals surface area contributed by atoms with E-state index in [1.165, 1.54) is 0 Å². The van der Waals surface area contributed by atoms with Crippen LogP contribution < -0.4 is 5.73 Å². The first-order valence-corrected chi connectivity index (χ1v) is 2.78. The van der Waals surface area contributed by atoms with Crippen LogP contribution in [0.1, 0.15) is 5.76 Å². The summed E-state index contributed by atoms with van der Waals surface area (Å²) < 4.78 is 39.2. The number of hydrogen-bond acceptors (Lipinski definition) is 3. The van der Waals surface area contributed by atoms with Gasteiger partial charge in [0.1, 0.15) is 5.69 Å². The van der Waals surface area contributed by atoms with Gasteiger partial charge in [0.2, 0.25) is 0 Å². The molecule has 0 atom stereocenters. The van der Waals surface area contributed by atoms with Gasteiger partial charge in [-0.1, -0.05) is 16.8 Å². The lowest BCUT2D eigenvalue weighted by Crippen LogP contribution is -2.06. The molecule has 1 aromatic rings. The number of alkyl halides is 3. The van der Waals surface area contributed by atoms with E-state index in [4.69, 9.17) is 17.3 Å². The molecule has 0 aliphatic carbocycles. The molecule has 0 saturated heterocycles. The molecule has 11 heavy (non-hydrogen) atoms. The van der Waals surface area contributed by atoms with Gasteiger partial charge >= 0.3 is 6.18 Å². The van der Waals surface area contributed by atoms with Gasteiger partial charge in [-0.15, -0.1) is 0 Å². The molecule has 0 amide bonds. The molecule has 2 N–H and O–H groups in total. The first kappa shape index (κ1) is 8.19. The van der Waals surface area contributed by atoms with Gasteiger partial charge in [0.25, 0.3) is 5.76 Å². The molecule has 0 radical (unpaired) electrons. The number of nitrogens with two attached hydrogens (primary N) is 1. The molecule has 0 aliphatic rings. The molecule has 1 heterocycles. The molecule has 62 valence electrons. The van der Waals surface area contributed by atoms with E-state index in [0.29, 0.717) is 0 Å². The predicted octanol–water partition coefficient (Wildman–Crippen LogP) is 1.93. The molecule has 0 spiro atoms. The summed E-state index contributed by atoms with van der Waals surface area (Å²) in [5.74, 6) is -1.36. The van der Waals surface area contributed by atoms with Crippen LogP contribution in [0.25, 0.3) is 0 Å². The van der Waals surface area contributed by atoms with Crippen molar-refractivity contribution in [2.75, 3.05) is 5.73 Å². The van der Waals surface area contributed by atoms with E-state index in [1.54, 1.807) is 0 Å². The second-order valence-corrected chi connectivity index (χ2v) is 2.07. The van der Waals surface area contributed by atoms with Crippen molar-refractivity contribution in [2.45, 2.75) is 6.18 Å². The standard InChI is InChI=1S/C4H2ClF3N2O/c5-3-1(9)2(11-10-3)4(6,7)8/h9H2. The zero-order valence-electron chi connectivity index (χ0n) is 4.94. The summed E-state index contributed by atoms with van der Waals surface area (Å²) in [4.78, 5) is 0. The number of nitrogen functional groups attached to an aromatic ring is 1. The molecule has 0 fully saturated rings. The third kappa shape index (κ3) is 1.40. The summed E-state index contributed by atoms with van der Waals surface area (Å²) in [5.41, 5.74) is 4.20. The Labute approximate surface area is 63.9 Å². The van der Waals surface area contributed by atoms with E-state index < -0.39 is 22.8 Å². The van der Waals surface area contributed by atoms with Gasteiger partial charge in [-0.3, -0.25) is 0 Å². The number of rotatable bonds is 0. The molecule has 0 aliphatic heterocycles. The fourth-order valence-electron chi connectivity index (χ4n) is 0.482. The van der Waals surface area contributed by atoms with Crippen molar-refractivity contribution in [3.05, 3.63) is 10.9 Å². The van der Waals surface area contributed by atoms with Crippen LogP contribution in [0.15, 0.2) is 4.52 Å². The summed E-state index contributed by atoms with van der Waals surface area (Å²) >= 11 is 5.11. The van der Waals surface area contributed by atoms with Crippen LogP contribution in [0.4, 0.5) is 18.9 Å². The highest BCUT2D eigenvalue weighted by atomic mass is 35.5. The van der Waals surface area contributed by atoms with Gasteiger partial charge in [-0.25, -0.2) is 0 Å². The number of nitrogens with zero attached hydrogens (tertiary/aromatic N) is 1. The Morgan fingerprint density at radius 3 is 2.18 bits per heavy atom. The Hall–Kier alpha value is -0.910. The minimum atomic E-state index is -4.63. The fourth-order valence-corrected chi connectivity index (χ4v) is 0.603. The predicted molar refractivity (Wildman–Crippen MR) is 30.9 cm³/mol. The van der Waals surface area contributed by atoms with Crippen LogP contribution in [0.2, 0.25) is 5.15 Å². The topological polar surface area (TPSA) is 52.0 Å². The highest BCUT2D eigenvalue weighted by Gasteiger charge is 2.39. The lowest BCUT2D eigenvalue weighted by Gasteiger charge is -1.99. The monoisotopic (exact) mass is 186 g/mol. The van der Waals surface area contributed by atoms with Crippen LogP contribution in [-0.2, 0) is 6.18 Å². The number of aromatic nitrogens is 1. The van der Waals surface area contributed by atoms with E-state index in [1.807, 2.05) is 0 Å². The SMILES string of the molecule is Nc1c(Cl)noc1C(F)(F)F. The van der Waals surface area contributed by atoms with Crippen molar-refractivity contribution in [2.24, 2.45) is 0 Å². The van der Waals surface area contributed by atoms with Crippen LogP contribution in [0.3, 0.4) is 0 Å². The van der Waals surface area contributed by atoms with Gasteiger partial charge in [-0.2, -0.15) is 13.2 Å². The average molecular weight is 187 g/mol. The Balaban J connectivity index is 3.15. The zero-order valence-corrected chi connectivity index (χ0v) is 5.70. The first-order valence-electron chi connectivity index (χ1n) is 2.40. The smallest absolute Gasteiger partial charge is 0.393 e. The normalized spacial score (nSPS) is 12.0. The fraction of sp³-hybridized carbons (Fsp3) is 0.250. The van der Waals surface area contributed by atoms with E-state index in [9.17, 15) is 13.2 Å². The van der Waals surface area contributed by atoms with Crippen LogP contribution in [-0.4, -0.2) is 5.16 Å². The maximum absolute atomic E-state index is 11.8. The van der Waals surface area contributed by atoms with Crippen LogP contribution in [0.5, 0.6) is 0 Å². The van der Waals surface area contributed by atoms with E-state index in [0.717, 1.165) is 0 Å². The first-order chi connectivity index (χ1) is 4.93. The zero-order chi connectivity index (χ0) is 8.65. The molecule has 7 heteroatoms. The van der Waals surface area contributed by atoms with E-state index in [-0.39, 0.29) is 0 Å². The van der Waals surface area contributed by atoms with Gasteiger partial charge in [0.05, 0.1) is 0 Å². The van der Waals surface area contributed by atoms with Crippen molar-refractivity contribution in [3.8, 4) is 0 Å². The molecule has 1 rings (SSSR count). The Morgan fingerprint density at radius 1 is 1.45 bits per heavy atom. The highest BCUT2D eigenvalue weighted by molar-refractivity contribution is 6.31. The molecule has 0 unspecified atom stereocenters. The molecule has 0 aromatic carbocycles. The summed E-state index contributed by atoms with van der Waals surface area (Å²) in [6, 6.07) is 0. The maximum Gasteiger partial charge on any atom is 0.454 e. The minimum Gasteiger partial charge on any atom is -0.393 e. The molecule has 3 nitrogen and oxygen atoms in total. The van der Waals surface area contributed by atoms with Gasteiger partial charge in [0.15, 0.2) is 5.15 Å². The molecule has 0 bridgehead atoms. The second-order valence-electron chi connectivity index (χ2n) is 1.71. The lowest BCUT2D eigenvalue weighted by molar-refractivity contribution is -0.154. The van der Waals surface area contributed by atoms with Gasteiger partial charge in [0, 0.05) is 0 Å². The van der Waals surface area contributed by atoms with Crippen molar-refractivity contribution >= 4 is 17.3 Å². The number of anilines is 1. The van der Waals surface area contributed by atoms with Crippen molar-refractivity contribution in [1.29, 1.82) is 0 Å². The van der Waals surface area contributed by atoms with Crippen molar-refractivity contribution in [1.82, 2.24) is 5.16 Å². The largest absolute Gasteiger partial charge is 0.454 e.